The third-order valence-corrected chi connectivity index (χ3v) is 4.46. The number of aryl methyl sites for hydroxylation is 1. The van der Waals surface area contributed by atoms with Crippen molar-refractivity contribution in [3.63, 3.8) is 0 Å². The summed E-state index contributed by atoms with van der Waals surface area (Å²) in [6, 6.07) is 15.2. The van der Waals surface area contributed by atoms with Crippen LogP contribution in [-0.2, 0) is 26.6 Å². The molecule has 21 heavy (non-hydrogen) atoms. The van der Waals surface area contributed by atoms with Gasteiger partial charge < -0.3 is 4.57 Å². The van der Waals surface area contributed by atoms with E-state index in [0.717, 1.165) is 26.1 Å². The molecule has 2 aromatic carbocycles. The van der Waals surface area contributed by atoms with E-state index in [9.17, 15) is 0 Å². The zero-order chi connectivity index (χ0) is 14.2. The van der Waals surface area contributed by atoms with Gasteiger partial charge >= 0.3 is 0 Å². The highest BCUT2D eigenvalue weighted by molar-refractivity contribution is 5.85. The van der Waals surface area contributed by atoms with Crippen molar-refractivity contribution in [2.75, 3.05) is 6.54 Å². The van der Waals surface area contributed by atoms with Gasteiger partial charge in [-0.2, -0.15) is 0 Å². The minimum Gasteiger partial charge on any atom is -0.337 e. The second-order valence-corrected chi connectivity index (χ2v) is 5.85. The lowest BCUT2D eigenvalue weighted by molar-refractivity contribution is 0.241. The fraction of sp³-hybridized carbons (Fsp3) is 0.278. The molecule has 0 bridgehead atoms. The Morgan fingerprint density at radius 3 is 2.90 bits per heavy atom. The van der Waals surface area contributed by atoms with Gasteiger partial charge in [0.25, 0.3) is 0 Å². The average molecular weight is 277 g/mol. The summed E-state index contributed by atoms with van der Waals surface area (Å²) in [6.45, 7) is 3.06. The van der Waals surface area contributed by atoms with Gasteiger partial charge in [-0.3, -0.25) is 4.90 Å². The van der Waals surface area contributed by atoms with Crippen LogP contribution < -0.4 is 0 Å². The number of hydrogen-bond donors (Lipinski definition) is 0. The molecule has 0 spiro atoms. The molecule has 1 aliphatic heterocycles. The Labute approximate surface area is 124 Å². The van der Waals surface area contributed by atoms with E-state index < -0.39 is 0 Å². The van der Waals surface area contributed by atoms with E-state index in [2.05, 4.69) is 64.0 Å². The maximum atomic E-state index is 4.53. The van der Waals surface area contributed by atoms with Crippen LogP contribution in [0.15, 0.2) is 48.8 Å². The Hall–Kier alpha value is -2.13. The third kappa shape index (κ3) is 2.24. The third-order valence-electron chi connectivity index (χ3n) is 4.46. The molecular formula is C18H19N3. The van der Waals surface area contributed by atoms with E-state index in [1.165, 1.54) is 27.7 Å². The molecule has 0 saturated heterocycles. The first-order chi connectivity index (χ1) is 10.3. The number of aromatic nitrogens is 2. The van der Waals surface area contributed by atoms with Gasteiger partial charge in [0.05, 0.1) is 12.0 Å². The smallest absolute Gasteiger partial charge is 0.0949 e. The highest BCUT2D eigenvalue weighted by atomic mass is 15.2. The Bertz CT molecular complexity index is 783. The Morgan fingerprint density at radius 2 is 1.95 bits per heavy atom. The molecule has 3 heteroatoms. The van der Waals surface area contributed by atoms with Crippen LogP contribution in [0.2, 0.25) is 0 Å². The quantitative estimate of drug-likeness (QED) is 0.717. The summed E-state index contributed by atoms with van der Waals surface area (Å²) in [6.07, 6.45) is 3.03. The van der Waals surface area contributed by atoms with E-state index in [1.807, 2.05) is 6.33 Å². The lowest BCUT2D eigenvalue weighted by atomic mass is 10.0. The average Bonchev–Trinajstić information content (AvgIpc) is 2.89. The highest BCUT2D eigenvalue weighted by Gasteiger charge is 2.20. The molecule has 0 radical (unpaired) electrons. The van der Waals surface area contributed by atoms with Crippen LogP contribution in [0.3, 0.4) is 0 Å². The maximum absolute atomic E-state index is 4.53. The van der Waals surface area contributed by atoms with E-state index in [1.54, 1.807) is 0 Å². The van der Waals surface area contributed by atoms with E-state index in [4.69, 9.17) is 0 Å². The maximum Gasteiger partial charge on any atom is 0.0949 e. The molecule has 0 amide bonds. The van der Waals surface area contributed by atoms with Crippen LogP contribution in [0.5, 0.6) is 0 Å². The van der Waals surface area contributed by atoms with E-state index in [0.29, 0.717) is 0 Å². The number of benzene rings is 2. The van der Waals surface area contributed by atoms with Gasteiger partial charge in [0.2, 0.25) is 0 Å². The van der Waals surface area contributed by atoms with Crippen LogP contribution in [0.25, 0.3) is 10.8 Å². The topological polar surface area (TPSA) is 21.1 Å². The predicted octanol–water partition coefficient (Wildman–Crippen LogP) is 3.13. The number of imidazole rings is 1. The first kappa shape index (κ1) is 12.6. The summed E-state index contributed by atoms with van der Waals surface area (Å²) in [5.74, 6) is 0. The van der Waals surface area contributed by atoms with Crippen LogP contribution >= 0.6 is 0 Å². The van der Waals surface area contributed by atoms with Crippen LogP contribution in [-0.4, -0.2) is 21.0 Å². The van der Waals surface area contributed by atoms with Crippen molar-refractivity contribution in [3.05, 3.63) is 65.7 Å². The van der Waals surface area contributed by atoms with Crippen molar-refractivity contribution < 1.29 is 0 Å². The zero-order valence-corrected chi connectivity index (χ0v) is 12.3. The standard InChI is InChI=1S/C18H19N3/c1-20-13-19-17-12-21(10-9-18(17)20)11-15-7-4-6-14-5-2-3-8-16(14)15/h2-8,13H,9-12H2,1H3. The van der Waals surface area contributed by atoms with Gasteiger partial charge in [-0.05, 0) is 16.3 Å². The molecule has 2 heterocycles. The second-order valence-electron chi connectivity index (χ2n) is 5.85. The molecule has 3 nitrogen and oxygen atoms in total. The molecule has 0 unspecified atom stereocenters. The fourth-order valence-electron chi connectivity index (χ4n) is 3.32. The molecule has 1 aliphatic rings. The lowest BCUT2D eigenvalue weighted by Crippen LogP contribution is -2.30. The molecule has 0 fully saturated rings. The van der Waals surface area contributed by atoms with Crippen LogP contribution in [0.1, 0.15) is 17.0 Å². The molecule has 3 aromatic rings. The van der Waals surface area contributed by atoms with Crippen LogP contribution in [0.4, 0.5) is 0 Å². The Morgan fingerprint density at radius 1 is 1.10 bits per heavy atom. The molecule has 0 saturated carbocycles. The van der Waals surface area contributed by atoms with Crippen molar-refractivity contribution in [1.82, 2.24) is 14.5 Å². The van der Waals surface area contributed by atoms with Crippen molar-refractivity contribution >= 4 is 10.8 Å². The molecule has 4 rings (SSSR count). The monoisotopic (exact) mass is 277 g/mol. The Kier molecular flexibility index (Phi) is 3.00. The van der Waals surface area contributed by atoms with Crippen molar-refractivity contribution in [2.45, 2.75) is 19.5 Å². The largest absolute Gasteiger partial charge is 0.337 e. The van der Waals surface area contributed by atoms with Gasteiger partial charge in [0.1, 0.15) is 0 Å². The first-order valence-electron chi connectivity index (χ1n) is 7.49. The number of nitrogens with zero attached hydrogens (tertiary/aromatic N) is 3. The minimum absolute atomic E-state index is 0.958. The summed E-state index contributed by atoms with van der Waals surface area (Å²) in [7, 11) is 2.09. The summed E-state index contributed by atoms with van der Waals surface area (Å²) in [4.78, 5) is 7.03. The normalized spacial score (nSPS) is 15.3. The van der Waals surface area contributed by atoms with Gasteiger partial charge in [-0.15, -0.1) is 0 Å². The molecular weight excluding hydrogens is 258 g/mol. The molecule has 0 aliphatic carbocycles. The van der Waals surface area contributed by atoms with Crippen molar-refractivity contribution in [3.8, 4) is 0 Å². The van der Waals surface area contributed by atoms with E-state index in [-0.39, 0.29) is 0 Å². The molecule has 1 aromatic heterocycles. The van der Waals surface area contributed by atoms with Crippen molar-refractivity contribution in [1.29, 1.82) is 0 Å². The number of hydrogen-bond acceptors (Lipinski definition) is 2. The second kappa shape index (κ2) is 5.01. The van der Waals surface area contributed by atoms with Crippen molar-refractivity contribution in [2.24, 2.45) is 7.05 Å². The fourth-order valence-corrected chi connectivity index (χ4v) is 3.32. The van der Waals surface area contributed by atoms with Gasteiger partial charge in [-0.1, -0.05) is 42.5 Å². The summed E-state index contributed by atoms with van der Waals surface area (Å²) < 4.78 is 2.16. The van der Waals surface area contributed by atoms with Gasteiger partial charge in [0, 0.05) is 38.8 Å². The lowest BCUT2D eigenvalue weighted by Gasteiger charge is -2.27. The number of rotatable bonds is 2. The SMILES string of the molecule is Cn1cnc2c1CCN(Cc1cccc3ccccc13)C2. The molecule has 0 N–H and O–H groups in total. The predicted molar refractivity (Wildman–Crippen MR) is 85.0 cm³/mol. The summed E-state index contributed by atoms with van der Waals surface area (Å²) >= 11 is 0. The highest BCUT2D eigenvalue weighted by Crippen LogP contribution is 2.23. The Balaban J connectivity index is 1.61. The van der Waals surface area contributed by atoms with E-state index >= 15 is 0 Å². The van der Waals surface area contributed by atoms with Gasteiger partial charge in [0.15, 0.2) is 0 Å². The minimum atomic E-state index is 0.958. The summed E-state index contributed by atoms with van der Waals surface area (Å²) in [5, 5.41) is 2.69. The van der Waals surface area contributed by atoms with Gasteiger partial charge in [-0.25, -0.2) is 4.98 Å². The molecule has 0 atom stereocenters. The zero-order valence-electron chi connectivity index (χ0n) is 12.3. The number of fused-ring (bicyclic) bond motifs is 2. The first-order valence-corrected chi connectivity index (χ1v) is 7.49. The molecule has 106 valence electrons. The van der Waals surface area contributed by atoms with Crippen LogP contribution in [0, 0.1) is 0 Å². The summed E-state index contributed by atoms with van der Waals surface area (Å²) in [5.41, 5.74) is 4.04.